The molecule has 0 saturated carbocycles. The molecule has 0 amide bonds. The van der Waals surface area contributed by atoms with Gasteiger partial charge in [-0.1, -0.05) is 19.4 Å². The average Bonchev–Trinajstić information content (AvgIpc) is 2.69. The summed E-state index contributed by atoms with van der Waals surface area (Å²) in [5.74, 6) is -0.655. The Morgan fingerprint density at radius 2 is 2.18 bits per heavy atom. The highest BCUT2D eigenvalue weighted by molar-refractivity contribution is 5.75. The predicted molar refractivity (Wildman–Crippen MR) is 80.9 cm³/mol. The molecule has 1 aliphatic heterocycles. The van der Waals surface area contributed by atoms with Crippen molar-refractivity contribution in [3.05, 3.63) is 11.1 Å². The van der Waals surface area contributed by atoms with Crippen LogP contribution in [0.15, 0.2) is 11.1 Å². The fourth-order valence-electron chi connectivity index (χ4n) is 3.82. The van der Waals surface area contributed by atoms with Crippen molar-refractivity contribution >= 4 is 11.9 Å². The van der Waals surface area contributed by atoms with Crippen LogP contribution in [-0.4, -0.2) is 35.9 Å². The Morgan fingerprint density at radius 1 is 1.50 bits per heavy atom. The van der Waals surface area contributed by atoms with Gasteiger partial charge in [-0.05, 0) is 31.3 Å². The van der Waals surface area contributed by atoms with E-state index in [-0.39, 0.29) is 35.8 Å². The quantitative estimate of drug-likeness (QED) is 0.479. The maximum absolute atomic E-state index is 11.7. The molecule has 0 aromatic carbocycles. The number of carbonyl (C=O) groups is 2. The highest BCUT2D eigenvalue weighted by atomic mass is 16.6. The minimum atomic E-state index is -0.621. The smallest absolute Gasteiger partial charge is 0.309 e. The van der Waals surface area contributed by atoms with E-state index in [0.717, 1.165) is 24.0 Å². The van der Waals surface area contributed by atoms with Crippen LogP contribution in [-0.2, 0) is 19.1 Å². The number of esters is 2. The summed E-state index contributed by atoms with van der Waals surface area (Å²) in [6.07, 6.45) is 1.51. The molecule has 0 spiro atoms. The molecule has 124 valence electrons. The van der Waals surface area contributed by atoms with Crippen LogP contribution in [0, 0.1) is 17.8 Å². The molecule has 2 aliphatic rings. The Hall–Kier alpha value is -1.36. The van der Waals surface area contributed by atoms with E-state index in [2.05, 4.69) is 6.92 Å². The maximum Gasteiger partial charge on any atom is 0.309 e. The van der Waals surface area contributed by atoms with E-state index in [1.165, 1.54) is 6.92 Å². The van der Waals surface area contributed by atoms with E-state index in [9.17, 15) is 14.7 Å². The Labute approximate surface area is 131 Å². The maximum atomic E-state index is 11.7. The standard InChI is InChI=1S/C17H26O5/c1-9(6-5-7-21-12(4)18)14-10(2)8-13-15(16(14)19)11(3)17(20)22-13/h9,11,13,15-16,19H,5-8H2,1-4H3/t9-,11-,13+,15+,16+/m0/s1. The van der Waals surface area contributed by atoms with Crippen molar-refractivity contribution in [1.29, 1.82) is 0 Å². The first-order valence-electron chi connectivity index (χ1n) is 8.04. The number of fused-ring (bicyclic) bond motifs is 1. The highest BCUT2D eigenvalue weighted by Crippen LogP contribution is 2.44. The number of hydrogen-bond donors (Lipinski definition) is 1. The van der Waals surface area contributed by atoms with Gasteiger partial charge in [-0.15, -0.1) is 0 Å². The Kier molecular flexibility index (Phi) is 5.27. The van der Waals surface area contributed by atoms with Crippen molar-refractivity contribution in [2.24, 2.45) is 17.8 Å². The molecule has 1 heterocycles. The van der Waals surface area contributed by atoms with Crippen LogP contribution >= 0.6 is 0 Å². The van der Waals surface area contributed by atoms with Crippen molar-refractivity contribution in [2.45, 2.75) is 59.2 Å². The van der Waals surface area contributed by atoms with Gasteiger partial charge >= 0.3 is 11.9 Å². The van der Waals surface area contributed by atoms with Gasteiger partial charge in [0.2, 0.25) is 0 Å². The number of carbonyl (C=O) groups excluding carboxylic acids is 2. The largest absolute Gasteiger partial charge is 0.466 e. The van der Waals surface area contributed by atoms with Gasteiger partial charge in [0.15, 0.2) is 0 Å². The molecule has 0 aromatic rings. The molecule has 5 atom stereocenters. The Bertz CT molecular complexity index is 481. The number of ether oxygens (including phenoxy) is 2. The van der Waals surface area contributed by atoms with Crippen LogP contribution in [0.5, 0.6) is 0 Å². The van der Waals surface area contributed by atoms with E-state index in [0.29, 0.717) is 13.0 Å². The molecule has 0 radical (unpaired) electrons. The molecule has 0 aromatic heterocycles. The zero-order valence-corrected chi connectivity index (χ0v) is 13.8. The van der Waals surface area contributed by atoms with Crippen molar-refractivity contribution in [3.63, 3.8) is 0 Å². The van der Waals surface area contributed by atoms with Gasteiger partial charge in [-0.25, -0.2) is 0 Å². The van der Waals surface area contributed by atoms with Gasteiger partial charge in [0, 0.05) is 19.3 Å². The molecule has 1 N–H and O–H groups in total. The van der Waals surface area contributed by atoms with Crippen molar-refractivity contribution in [2.75, 3.05) is 6.61 Å². The van der Waals surface area contributed by atoms with Gasteiger partial charge < -0.3 is 14.6 Å². The molecule has 0 bridgehead atoms. The van der Waals surface area contributed by atoms with Gasteiger partial charge in [0.1, 0.15) is 6.10 Å². The minimum Gasteiger partial charge on any atom is -0.466 e. The molecule has 1 saturated heterocycles. The summed E-state index contributed by atoms with van der Waals surface area (Å²) < 4.78 is 10.3. The SMILES string of the molecule is CC(=O)OCCC[C@H](C)C1=C(C)C[C@H]2OC(=O)[C@@H](C)[C@H]2[C@@H]1O. The van der Waals surface area contributed by atoms with Gasteiger partial charge in [0.25, 0.3) is 0 Å². The van der Waals surface area contributed by atoms with E-state index in [1.54, 1.807) is 0 Å². The van der Waals surface area contributed by atoms with E-state index >= 15 is 0 Å². The first kappa shape index (κ1) is 17.0. The summed E-state index contributed by atoms with van der Waals surface area (Å²) in [6, 6.07) is 0. The summed E-state index contributed by atoms with van der Waals surface area (Å²) >= 11 is 0. The molecule has 1 fully saturated rings. The second-order valence-electron chi connectivity index (χ2n) is 6.61. The van der Waals surface area contributed by atoms with Crippen LogP contribution in [0.25, 0.3) is 0 Å². The van der Waals surface area contributed by atoms with Crippen molar-refractivity contribution in [3.8, 4) is 0 Å². The summed E-state index contributed by atoms with van der Waals surface area (Å²) in [5.41, 5.74) is 2.16. The lowest BCUT2D eigenvalue weighted by molar-refractivity contribution is -0.144. The van der Waals surface area contributed by atoms with Crippen molar-refractivity contribution in [1.82, 2.24) is 0 Å². The zero-order chi connectivity index (χ0) is 16.4. The molecule has 2 rings (SSSR count). The van der Waals surface area contributed by atoms with Crippen LogP contribution < -0.4 is 0 Å². The third-order valence-electron chi connectivity index (χ3n) is 4.95. The third-order valence-corrected chi connectivity index (χ3v) is 4.95. The van der Waals surface area contributed by atoms with Crippen LogP contribution in [0.4, 0.5) is 0 Å². The second kappa shape index (κ2) is 6.82. The molecule has 22 heavy (non-hydrogen) atoms. The second-order valence-corrected chi connectivity index (χ2v) is 6.61. The molecule has 5 nitrogen and oxygen atoms in total. The number of aliphatic hydroxyl groups is 1. The summed E-state index contributed by atoms with van der Waals surface area (Å²) in [5, 5.41) is 10.7. The topological polar surface area (TPSA) is 72.8 Å². The lowest BCUT2D eigenvalue weighted by Gasteiger charge is -2.36. The van der Waals surface area contributed by atoms with Gasteiger partial charge in [0.05, 0.1) is 18.6 Å². The monoisotopic (exact) mass is 310 g/mol. The molecule has 0 unspecified atom stereocenters. The highest BCUT2D eigenvalue weighted by Gasteiger charge is 2.49. The van der Waals surface area contributed by atoms with Gasteiger partial charge in [-0.3, -0.25) is 9.59 Å². The lowest BCUT2D eigenvalue weighted by Crippen LogP contribution is -2.39. The summed E-state index contributed by atoms with van der Waals surface area (Å²) in [4.78, 5) is 22.5. The molecule has 1 aliphatic carbocycles. The number of rotatable bonds is 5. The zero-order valence-electron chi connectivity index (χ0n) is 13.8. The first-order valence-corrected chi connectivity index (χ1v) is 8.04. The Balaban J connectivity index is 2.01. The van der Waals surface area contributed by atoms with Gasteiger partial charge in [-0.2, -0.15) is 0 Å². The molecular formula is C17H26O5. The molecular weight excluding hydrogens is 284 g/mol. The third kappa shape index (κ3) is 3.35. The van der Waals surface area contributed by atoms with Crippen LogP contribution in [0.2, 0.25) is 0 Å². The van der Waals surface area contributed by atoms with E-state index in [1.807, 2.05) is 13.8 Å². The Morgan fingerprint density at radius 3 is 2.82 bits per heavy atom. The fourth-order valence-corrected chi connectivity index (χ4v) is 3.82. The fraction of sp³-hybridized carbons (Fsp3) is 0.765. The normalized spacial score (nSPS) is 32.5. The number of aliphatic hydroxyl groups excluding tert-OH is 1. The van der Waals surface area contributed by atoms with Crippen LogP contribution in [0.3, 0.4) is 0 Å². The minimum absolute atomic E-state index is 0.137. The van der Waals surface area contributed by atoms with E-state index in [4.69, 9.17) is 9.47 Å². The lowest BCUT2D eigenvalue weighted by atomic mass is 9.71. The summed E-state index contributed by atoms with van der Waals surface area (Å²) in [6.45, 7) is 7.73. The number of hydrogen-bond acceptors (Lipinski definition) is 5. The first-order chi connectivity index (χ1) is 10.3. The molecule has 5 heteroatoms. The summed E-state index contributed by atoms with van der Waals surface area (Å²) in [7, 11) is 0. The van der Waals surface area contributed by atoms with E-state index < -0.39 is 6.10 Å². The van der Waals surface area contributed by atoms with Crippen LogP contribution in [0.1, 0.15) is 47.0 Å². The average molecular weight is 310 g/mol. The predicted octanol–water partition coefficient (Wildman–Crippen LogP) is 2.22. The van der Waals surface area contributed by atoms with Crippen molar-refractivity contribution < 1.29 is 24.2 Å².